The van der Waals surface area contributed by atoms with Crippen LogP contribution in [0.3, 0.4) is 0 Å². The summed E-state index contributed by atoms with van der Waals surface area (Å²) in [6.45, 7) is 1.92. The molecule has 39 heavy (non-hydrogen) atoms. The Kier molecular flexibility index (Phi) is 7.54. The number of hydrogen-bond acceptors (Lipinski definition) is 10. The van der Waals surface area contributed by atoms with Crippen molar-refractivity contribution < 1.29 is 26.7 Å². The molecule has 2 aromatic heterocycles. The molecule has 0 spiro atoms. The minimum absolute atomic E-state index is 0.0131. The van der Waals surface area contributed by atoms with Crippen LogP contribution in [0.15, 0.2) is 42.5 Å². The molecule has 0 unspecified atom stereocenters. The molecule has 15 heteroatoms. The minimum Gasteiger partial charge on any atom is -0.494 e. The molecule has 206 valence electrons. The number of nitrogens with zero attached hydrogens (tertiary/aromatic N) is 6. The maximum atomic E-state index is 14.2. The van der Waals surface area contributed by atoms with Gasteiger partial charge in [-0.2, -0.15) is 15.0 Å². The quantitative estimate of drug-likeness (QED) is 0.312. The maximum absolute atomic E-state index is 14.2. The van der Waals surface area contributed by atoms with E-state index >= 15 is 0 Å². The van der Waals surface area contributed by atoms with Crippen molar-refractivity contribution in [3.05, 3.63) is 48.3 Å². The second-order valence-electron chi connectivity index (χ2n) is 8.58. The molecule has 1 fully saturated rings. The van der Waals surface area contributed by atoms with E-state index in [1.807, 2.05) is 4.90 Å². The molecule has 1 aliphatic heterocycles. The van der Waals surface area contributed by atoms with Gasteiger partial charge in [0.25, 0.3) is 6.43 Å². The third kappa shape index (κ3) is 5.60. The van der Waals surface area contributed by atoms with Crippen molar-refractivity contribution >= 4 is 32.7 Å². The van der Waals surface area contributed by atoms with Gasteiger partial charge in [-0.1, -0.05) is 6.07 Å². The summed E-state index contributed by atoms with van der Waals surface area (Å²) in [5, 5.41) is 0. The number of para-hydroxylation sites is 1. The predicted molar refractivity (Wildman–Crippen MR) is 141 cm³/mol. The molecule has 3 N–H and O–H groups in total. The summed E-state index contributed by atoms with van der Waals surface area (Å²) in [5.74, 6) is 0.0387. The Morgan fingerprint density at radius 2 is 1.77 bits per heavy atom. The number of fused-ring (bicyclic) bond motifs is 1. The highest BCUT2D eigenvalue weighted by molar-refractivity contribution is 7.92. The number of aromatic nitrogens is 5. The molecule has 12 nitrogen and oxygen atoms in total. The Bertz CT molecular complexity index is 1580. The van der Waals surface area contributed by atoms with Crippen LogP contribution in [0.1, 0.15) is 12.2 Å². The second-order valence-corrected chi connectivity index (χ2v) is 10.4. The fraction of sp³-hybridized carbons (Fsp3) is 0.333. The summed E-state index contributed by atoms with van der Waals surface area (Å²) >= 11 is 0. The molecule has 4 aromatic rings. The fourth-order valence-corrected chi connectivity index (χ4v) is 5.08. The number of rotatable bonds is 9. The van der Waals surface area contributed by atoms with Crippen LogP contribution in [0.25, 0.3) is 28.4 Å². The van der Waals surface area contributed by atoms with Crippen LogP contribution in [0.4, 0.5) is 20.4 Å². The first-order valence-corrected chi connectivity index (χ1v) is 13.7. The van der Waals surface area contributed by atoms with E-state index in [1.54, 1.807) is 42.5 Å². The van der Waals surface area contributed by atoms with Crippen molar-refractivity contribution in [3.63, 3.8) is 0 Å². The number of sulfonamides is 1. The fourth-order valence-electron chi connectivity index (χ4n) is 4.17. The number of alkyl halides is 2. The molecule has 0 aliphatic carbocycles. The largest absolute Gasteiger partial charge is 0.494 e. The number of methoxy groups -OCH3 is 1. The average Bonchev–Trinajstić information content (AvgIpc) is 3.34. The molecule has 0 saturated carbocycles. The van der Waals surface area contributed by atoms with E-state index in [1.165, 1.54) is 11.7 Å². The zero-order valence-electron chi connectivity index (χ0n) is 20.9. The summed E-state index contributed by atoms with van der Waals surface area (Å²) in [5.41, 5.74) is 6.82. The zero-order chi connectivity index (χ0) is 27.6. The molecule has 0 amide bonds. The number of hydrogen-bond donors (Lipinski definition) is 2. The molecule has 2 aromatic carbocycles. The smallest absolute Gasteiger partial charge is 0.296 e. The van der Waals surface area contributed by atoms with Crippen LogP contribution in [0.2, 0.25) is 0 Å². The van der Waals surface area contributed by atoms with Gasteiger partial charge < -0.3 is 20.1 Å². The van der Waals surface area contributed by atoms with Gasteiger partial charge in [0.05, 0.1) is 31.6 Å². The molecule has 1 aliphatic rings. The zero-order valence-corrected chi connectivity index (χ0v) is 21.7. The van der Waals surface area contributed by atoms with Gasteiger partial charge in [0, 0.05) is 30.9 Å². The Balaban J connectivity index is 1.64. The Morgan fingerprint density at radius 1 is 1.05 bits per heavy atom. The van der Waals surface area contributed by atoms with Crippen LogP contribution in [0, 0.1) is 0 Å². The monoisotopic (exact) mass is 560 g/mol. The van der Waals surface area contributed by atoms with Gasteiger partial charge >= 0.3 is 0 Å². The molecule has 1 saturated heterocycles. The summed E-state index contributed by atoms with van der Waals surface area (Å²) in [7, 11) is -2.15. The van der Waals surface area contributed by atoms with Gasteiger partial charge in [0.15, 0.2) is 11.6 Å². The number of benzene rings is 2. The van der Waals surface area contributed by atoms with Crippen molar-refractivity contribution in [2.45, 2.75) is 6.43 Å². The maximum Gasteiger partial charge on any atom is 0.296 e. The van der Waals surface area contributed by atoms with Crippen molar-refractivity contribution in [2.24, 2.45) is 5.73 Å². The lowest BCUT2D eigenvalue weighted by Gasteiger charge is -2.27. The molecule has 3 heterocycles. The van der Waals surface area contributed by atoms with Crippen molar-refractivity contribution in [3.8, 4) is 23.1 Å². The van der Waals surface area contributed by atoms with Crippen LogP contribution in [-0.2, 0) is 14.8 Å². The van der Waals surface area contributed by atoms with Gasteiger partial charge in [-0.15, -0.1) is 0 Å². The van der Waals surface area contributed by atoms with Crippen LogP contribution >= 0.6 is 0 Å². The van der Waals surface area contributed by atoms with Crippen molar-refractivity contribution in [2.75, 3.05) is 55.3 Å². The first kappa shape index (κ1) is 26.6. The number of anilines is 2. The lowest BCUT2D eigenvalue weighted by atomic mass is 10.2. The average molecular weight is 561 g/mol. The molecule has 0 atom stereocenters. The predicted octanol–water partition coefficient (Wildman–Crippen LogP) is 2.36. The van der Waals surface area contributed by atoms with Crippen LogP contribution in [0.5, 0.6) is 5.75 Å². The molecular weight excluding hydrogens is 534 g/mol. The van der Waals surface area contributed by atoms with E-state index in [9.17, 15) is 17.2 Å². The lowest BCUT2D eigenvalue weighted by Crippen LogP contribution is -2.37. The lowest BCUT2D eigenvalue weighted by molar-refractivity contribution is 0.122. The second kappa shape index (κ2) is 11.0. The van der Waals surface area contributed by atoms with Crippen LogP contribution in [-0.4, -0.2) is 78.6 Å². The van der Waals surface area contributed by atoms with E-state index in [4.69, 9.17) is 15.2 Å². The van der Waals surface area contributed by atoms with E-state index in [-0.39, 0.29) is 35.5 Å². The number of nitrogens with two attached hydrogens (primary N) is 1. The van der Waals surface area contributed by atoms with Gasteiger partial charge in [0.1, 0.15) is 11.3 Å². The van der Waals surface area contributed by atoms with Gasteiger partial charge in [-0.3, -0.25) is 9.29 Å². The third-order valence-electron chi connectivity index (χ3n) is 6.00. The van der Waals surface area contributed by atoms with E-state index in [0.717, 1.165) is 0 Å². The van der Waals surface area contributed by atoms with E-state index in [0.29, 0.717) is 48.8 Å². The van der Waals surface area contributed by atoms with Gasteiger partial charge in [0.2, 0.25) is 21.9 Å². The Hall–Kier alpha value is -3.95. The highest BCUT2D eigenvalue weighted by Crippen LogP contribution is 2.32. The molecular formula is C24H26F2N8O4S. The minimum atomic E-state index is -3.59. The van der Waals surface area contributed by atoms with Gasteiger partial charge in [-0.25, -0.2) is 22.2 Å². The molecule has 5 rings (SSSR count). The van der Waals surface area contributed by atoms with Crippen molar-refractivity contribution in [1.29, 1.82) is 0 Å². The van der Waals surface area contributed by atoms with Gasteiger partial charge in [-0.05, 0) is 36.4 Å². The number of morpholine rings is 1. The Morgan fingerprint density at radius 3 is 2.44 bits per heavy atom. The molecule has 0 bridgehead atoms. The number of imidazole rings is 1. The highest BCUT2D eigenvalue weighted by atomic mass is 32.2. The summed E-state index contributed by atoms with van der Waals surface area (Å²) in [6, 6.07) is 11.3. The normalized spacial score (nSPS) is 14.2. The first-order valence-electron chi connectivity index (χ1n) is 12.0. The Labute approximate surface area is 222 Å². The highest BCUT2D eigenvalue weighted by Gasteiger charge is 2.26. The van der Waals surface area contributed by atoms with E-state index < -0.39 is 22.3 Å². The summed E-state index contributed by atoms with van der Waals surface area (Å²) in [6.07, 6.45) is -2.92. The molecule has 0 radical (unpaired) electrons. The number of ether oxygens (including phenoxy) is 2. The SMILES string of the molecule is COc1cccc2c1nc(C(F)F)n2-c1nc(-c2ccc(NS(=O)(=O)CCN)cc2)nc(N2CCOCC2)n1. The van der Waals surface area contributed by atoms with Crippen LogP contribution < -0.4 is 20.1 Å². The first-order chi connectivity index (χ1) is 18.8. The third-order valence-corrected chi connectivity index (χ3v) is 7.32. The van der Waals surface area contributed by atoms with Crippen molar-refractivity contribution in [1.82, 2.24) is 24.5 Å². The number of nitrogens with one attached hydrogen (secondary N) is 1. The number of halogens is 2. The topological polar surface area (TPSA) is 150 Å². The summed E-state index contributed by atoms with van der Waals surface area (Å²) < 4.78 is 67.0. The standard InChI is InChI=1S/C24H26F2N8O4S/c1-37-18-4-2-3-17-19(18)28-22(20(25)26)34(17)24-30-21(29-23(31-24)33-10-12-38-13-11-33)15-5-7-16(8-6-15)32-39(35,36)14-9-27/h2-8,20,32H,9-14,27H2,1H3. The summed E-state index contributed by atoms with van der Waals surface area (Å²) in [4.78, 5) is 19.7. The van der Waals surface area contributed by atoms with E-state index in [2.05, 4.69) is 24.7 Å².